The SMILES string of the molecule is Cc1cccc(OC(C)c2nnc(SCC(=O)Nc3nc(-c4ccc(Br)cc4)cs3)n2C)c1C. The zero-order valence-corrected chi connectivity index (χ0v) is 22.4. The molecule has 0 aliphatic heterocycles. The van der Waals surface area contributed by atoms with E-state index in [1.54, 1.807) is 0 Å². The van der Waals surface area contributed by atoms with Crippen LogP contribution in [0.15, 0.2) is 57.5 Å². The van der Waals surface area contributed by atoms with Crippen molar-refractivity contribution in [3.63, 3.8) is 0 Å². The van der Waals surface area contributed by atoms with E-state index in [1.165, 1.54) is 28.7 Å². The average Bonchev–Trinajstić information content (AvgIpc) is 3.42. The maximum absolute atomic E-state index is 12.5. The van der Waals surface area contributed by atoms with Gasteiger partial charge in [0.25, 0.3) is 0 Å². The highest BCUT2D eigenvalue weighted by molar-refractivity contribution is 9.10. The number of benzene rings is 2. The molecule has 2 aromatic heterocycles. The Balaban J connectivity index is 1.34. The lowest BCUT2D eigenvalue weighted by atomic mass is 10.1. The van der Waals surface area contributed by atoms with Gasteiger partial charge in [-0.25, -0.2) is 4.98 Å². The van der Waals surface area contributed by atoms with Gasteiger partial charge in [-0.3, -0.25) is 4.79 Å². The molecule has 2 heterocycles. The number of nitrogens with one attached hydrogen (secondary N) is 1. The number of amides is 1. The number of halogens is 1. The monoisotopic (exact) mass is 557 g/mol. The first kappa shape index (κ1) is 24.4. The van der Waals surface area contributed by atoms with Crippen LogP contribution in [0.2, 0.25) is 0 Å². The molecule has 1 amide bonds. The number of thioether (sulfide) groups is 1. The predicted octanol–water partition coefficient (Wildman–Crippen LogP) is 6.19. The molecule has 1 atom stereocenters. The van der Waals surface area contributed by atoms with E-state index in [0.29, 0.717) is 16.1 Å². The second-order valence-electron chi connectivity index (χ2n) is 7.74. The number of hydrogen-bond acceptors (Lipinski definition) is 7. The predicted molar refractivity (Wildman–Crippen MR) is 141 cm³/mol. The molecule has 1 unspecified atom stereocenters. The largest absolute Gasteiger partial charge is 0.482 e. The Morgan fingerprint density at radius 3 is 2.74 bits per heavy atom. The third-order valence-electron chi connectivity index (χ3n) is 5.31. The maximum atomic E-state index is 12.5. The van der Waals surface area contributed by atoms with Gasteiger partial charge in [0.15, 0.2) is 22.2 Å². The van der Waals surface area contributed by atoms with E-state index >= 15 is 0 Å². The van der Waals surface area contributed by atoms with Gasteiger partial charge >= 0.3 is 0 Å². The summed E-state index contributed by atoms with van der Waals surface area (Å²) in [6.45, 7) is 6.04. The van der Waals surface area contributed by atoms with Crippen LogP contribution in [0.25, 0.3) is 11.3 Å². The number of ether oxygens (including phenoxy) is 1. The summed E-state index contributed by atoms with van der Waals surface area (Å²) in [6.07, 6.45) is -0.284. The van der Waals surface area contributed by atoms with Crippen molar-refractivity contribution in [1.29, 1.82) is 0 Å². The molecule has 0 aliphatic carbocycles. The number of carbonyl (C=O) groups excluding carboxylic acids is 1. The Labute approximate surface area is 215 Å². The van der Waals surface area contributed by atoms with Crippen LogP contribution >= 0.6 is 39.0 Å². The van der Waals surface area contributed by atoms with Crippen molar-refractivity contribution in [3.8, 4) is 17.0 Å². The lowest BCUT2D eigenvalue weighted by molar-refractivity contribution is -0.113. The van der Waals surface area contributed by atoms with Crippen molar-refractivity contribution >= 4 is 50.1 Å². The molecule has 0 fully saturated rings. The van der Waals surface area contributed by atoms with E-state index in [0.717, 1.165) is 27.0 Å². The van der Waals surface area contributed by atoms with Crippen LogP contribution in [-0.2, 0) is 11.8 Å². The van der Waals surface area contributed by atoms with Crippen LogP contribution in [0.5, 0.6) is 5.75 Å². The summed E-state index contributed by atoms with van der Waals surface area (Å²) in [4.78, 5) is 17.0. The van der Waals surface area contributed by atoms with Crippen LogP contribution in [0, 0.1) is 13.8 Å². The molecule has 0 bridgehead atoms. The van der Waals surface area contributed by atoms with Crippen LogP contribution in [0.3, 0.4) is 0 Å². The standard InChI is InChI=1S/C24H24BrN5O2S2/c1-14-6-5-7-20(15(14)2)32-16(3)22-28-29-24(30(22)4)34-13-21(31)27-23-26-19(12-33-23)17-8-10-18(25)11-9-17/h5-12,16H,13H2,1-4H3,(H,26,27,31). The summed E-state index contributed by atoms with van der Waals surface area (Å²) < 4.78 is 9.01. The minimum absolute atomic E-state index is 0.147. The van der Waals surface area contributed by atoms with Crippen molar-refractivity contribution in [1.82, 2.24) is 19.7 Å². The van der Waals surface area contributed by atoms with Crippen molar-refractivity contribution in [2.75, 3.05) is 11.1 Å². The van der Waals surface area contributed by atoms with Crippen LogP contribution in [-0.4, -0.2) is 31.4 Å². The summed E-state index contributed by atoms with van der Waals surface area (Å²) in [5.41, 5.74) is 4.11. The molecule has 7 nitrogen and oxygen atoms in total. The van der Waals surface area contributed by atoms with Crippen molar-refractivity contribution < 1.29 is 9.53 Å². The third-order valence-corrected chi connectivity index (χ3v) is 7.62. The molecule has 4 aromatic rings. The molecule has 2 aromatic carbocycles. The Morgan fingerprint density at radius 2 is 1.97 bits per heavy atom. The molecule has 0 spiro atoms. The summed E-state index contributed by atoms with van der Waals surface area (Å²) in [6, 6.07) is 13.9. The second kappa shape index (κ2) is 10.7. The quantitative estimate of drug-likeness (QED) is 0.260. The number of aromatic nitrogens is 4. The van der Waals surface area contributed by atoms with Crippen LogP contribution in [0.1, 0.15) is 30.0 Å². The molecule has 4 rings (SSSR count). The van der Waals surface area contributed by atoms with Crippen molar-refractivity contribution in [2.24, 2.45) is 7.05 Å². The Kier molecular flexibility index (Phi) is 7.70. The van der Waals surface area contributed by atoms with E-state index in [9.17, 15) is 4.79 Å². The molecule has 10 heteroatoms. The van der Waals surface area contributed by atoms with E-state index in [1.807, 2.05) is 67.2 Å². The van der Waals surface area contributed by atoms with Gasteiger partial charge in [-0.1, -0.05) is 52.0 Å². The minimum atomic E-state index is -0.284. The molecule has 0 saturated carbocycles. The van der Waals surface area contributed by atoms with Gasteiger partial charge in [0, 0.05) is 22.5 Å². The Bertz CT molecular complexity index is 1300. The van der Waals surface area contributed by atoms with Crippen LogP contribution in [0.4, 0.5) is 5.13 Å². The third kappa shape index (κ3) is 5.68. The number of rotatable bonds is 8. The fourth-order valence-corrected chi connectivity index (χ4v) is 4.99. The molecule has 1 N–H and O–H groups in total. The maximum Gasteiger partial charge on any atom is 0.236 e. The van der Waals surface area contributed by atoms with Gasteiger partial charge < -0.3 is 14.6 Å². The number of hydrogen-bond donors (Lipinski definition) is 1. The highest BCUT2D eigenvalue weighted by Gasteiger charge is 2.19. The number of carbonyl (C=O) groups is 1. The van der Waals surface area contributed by atoms with Crippen LogP contribution < -0.4 is 10.1 Å². The minimum Gasteiger partial charge on any atom is -0.482 e. The van der Waals surface area contributed by atoms with Gasteiger partial charge in [-0.05, 0) is 50.1 Å². The van der Waals surface area contributed by atoms with Gasteiger partial charge in [0.1, 0.15) is 5.75 Å². The van der Waals surface area contributed by atoms with Gasteiger partial charge in [-0.2, -0.15) is 0 Å². The number of nitrogens with zero attached hydrogens (tertiary/aromatic N) is 4. The Morgan fingerprint density at radius 1 is 1.21 bits per heavy atom. The topological polar surface area (TPSA) is 81.9 Å². The second-order valence-corrected chi connectivity index (χ2v) is 10.5. The molecule has 176 valence electrons. The molecule has 34 heavy (non-hydrogen) atoms. The van der Waals surface area contributed by atoms with Gasteiger partial charge in [0.05, 0.1) is 11.4 Å². The van der Waals surface area contributed by atoms with E-state index in [2.05, 4.69) is 49.4 Å². The zero-order chi connectivity index (χ0) is 24.2. The lowest BCUT2D eigenvalue weighted by Gasteiger charge is -2.16. The number of thiazole rings is 1. The van der Waals surface area contributed by atoms with E-state index < -0.39 is 0 Å². The summed E-state index contributed by atoms with van der Waals surface area (Å²) in [5, 5.41) is 14.5. The average molecular weight is 559 g/mol. The number of anilines is 1. The van der Waals surface area contributed by atoms with Gasteiger partial charge in [-0.15, -0.1) is 21.5 Å². The van der Waals surface area contributed by atoms with Crippen molar-refractivity contribution in [2.45, 2.75) is 32.0 Å². The number of aryl methyl sites for hydroxylation is 1. The van der Waals surface area contributed by atoms with E-state index in [4.69, 9.17) is 4.74 Å². The smallest absolute Gasteiger partial charge is 0.236 e. The van der Waals surface area contributed by atoms with Gasteiger partial charge in [0.2, 0.25) is 5.91 Å². The molecular weight excluding hydrogens is 534 g/mol. The first-order valence-corrected chi connectivity index (χ1v) is 13.2. The van der Waals surface area contributed by atoms with E-state index in [-0.39, 0.29) is 17.8 Å². The summed E-state index contributed by atoms with van der Waals surface area (Å²) >= 11 is 6.15. The fraction of sp³-hybridized carbons (Fsp3) is 0.250. The Hall–Kier alpha value is -2.69. The summed E-state index contributed by atoms with van der Waals surface area (Å²) in [7, 11) is 1.88. The summed E-state index contributed by atoms with van der Waals surface area (Å²) in [5.74, 6) is 1.58. The molecular formula is C24H24BrN5O2S2. The lowest BCUT2D eigenvalue weighted by Crippen LogP contribution is -2.14. The zero-order valence-electron chi connectivity index (χ0n) is 19.2. The molecule has 0 saturated heterocycles. The highest BCUT2D eigenvalue weighted by Crippen LogP contribution is 2.28. The normalized spacial score (nSPS) is 11.9. The molecule has 0 aliphatic rings. The highest BCUT2D eigenvalue weighted by atomic mass is 79.9. The molecule has 0 radical (unpaired) electrons. The fourth-order valence-electron chi connectivity index (χ4n) is 3.27. The first-order chi connectivity index (χ1) is 16.3. The first-order valence-electron chi connectivity index (χ1n) is 10.6. The van der Waals surface area contributed by atoms with Crippen molar-refractivity contribution in [3.05, 3.63) is 69.3 Å².